The third-order valence-corrected chi connectivity index (χ3v) is 7.95. The summed E-state index contributed by atoms with van der Waals surface area (Å²) in [6, 6.07) is 6.74. The molecule has 36 heavy (non-hydrogen) atoms. The normalized spacial score (nSPS) is 19.9. The lowest BCUT2D eigenvalue weighted by atomic mass is 9.95. The molecule has 1 saturated carbocycles. The van der Waals surface area contributed by atoms with Crippen molar-refractivity contribution in [2.24, 2.45) is 0 Å². The first kappa shape index (κ1) is 25.1. The summed E-state index contributed by atoms with van der Waals surface area (Å²) >= 11 is 0. The number of hydrogen-bond acceptors (Lipinski definition) is 6. The van der Waals surface area contributed by atoms with Crippen LogP contribution in [0.15, 0.2) is 23.0 Å². The highest BCUT2D eigenvalue weighted by atomic mass is 16.5. The molecule has 1 aliphatic heterocycles. The molecule has 0 spiro atoms. The summed E-state index contributed by atoms with van der Waals surface area (Å²) in [5.74, 6) is 0.936. The molecule has 1 aromatic carbocycles. The number of nitrogens with one attached hydrogen (secondary N) is 1. The van der Waals surface area contributed by atoms with Gasteiger partial charge in [-0.2, -0.15) is 0 Å². The number of ether oxygens (including phenoxy) is 1. The SMILES string of the molecule is CCC[C@@H](c1nnnn1C1CCCCC1)N(Cc1cc2cc(C)cc(C)c2[nH]c1=O)C[C@H]1CCCO1. The molecule has 8 nitrogen and oxygen atoms in total. The maximum atomic E-state index is 13.3. The Kier molecular flexibility index (Phi) is 7.82. The van der Waals surface area contributed by atoms with E-state index in [1.807, 2.05) is 0 Å². The van der Waals surface area contributed by atoms with Gasteiger partial charge in [-0.05, 0) is 79.5 Å². The van der Waals surface area contributed by atoms with Crippen LogP contribution < -0.4 is 5.56 Å². The van der Waals surface area contributed by atoms with E-state index in [4.69, 9.17) is 4.74 Å². The van der Waals surface area contributed by atoms with Crippen molar-refractivity contribution < 1.29 is 4.74 Å². The van der Waals surface area contributed by atoms with Crippen molar-refractivity contribution in [1.82, 2.24) is 30.1 Å². The second-order valence-corrected chi connectivity index (χ2v) is 10.8. The van der Waals surface area contributed by atoms with Crippen molar-refractivity contribution in [3.05, 3.63) is 51.1 Å². The van der Waals surface area contributed by atoms with E-state index in [9.17, 15) is 4.79 Å². The molecule has 2 aliphatic rings. The number of rotatable bonds is 9. The molecule has 0 radical (unpaired) electrons. The summed E-state index contributed by atoms with van der Waals surface area (Å²) < 4.78 is 8.16. The molecule has 3 heterocycles. The van der Waals surface area contributed by atoms with Crippen LogP contribution in [-0.2, 0) is 11.3 Å². The van der Waals surface area contributed by atoms with E-state index in [0.29, 0.717) is 12.6 Å². The van der Waals surface area contributed by atoms with Crippen LogP contribution in [0.2, 0.25) is 0 Å². The van der Waals surface area contributed by atoms with E-state index in [1.54, 1.807) is 0 Å². The van der Waals surface area contributed by atoms with Gasteiger partial charge < -0.3 is 9.72 Å². The van der Waals surface area contributed by atoms with Gasteiger partial charge in [-0.3, -0.25) is 9.69 Å². The average molecular weight is 493 g/mol. The van der Waals surface area contributed by atoms with Gasteiger partial charge in [0.2, 0.25) is 0 Å². The molecule has 8 heteroatoms. The average Bonchev–Trinajstić information content (AvgIpc) is 3.56. The second kappa shape index (κ2) is 11.2. The lowest BCUT2D eigenvalue weighted by Gasteiger charge is -2.33. The quantitative estimate of drug-likeness (QED) is 0.444. The number of nitrogens with zero attached hydrogens (tertiary/aromatic N) is 5. The highest BCUT2D eigenvalue weighted by molar-refractivity contribution is 5.82. The number of tetrazole rings is 1. The minimum Gasteiger partial charge on any atom is -0.377 e. The van der Waals surface area contributed by atoms with Crippen molar-refractivity contribution in [2.45, 2.75) is 103 Å². The first-order valence-corrected chi connectivity index (χ1v) is 13.8. The molecule has 0 amide bonds. The zero-order valence-electron chi connectivity index (χ0n) is 22.0. The van der Waals surface area contributed by atoms with E-state index >= 15 is 0 Å². The number of benzene rings is 1. The van der Waals surface area contributed by atoms with E-state index < -0.39 is 0 Å². The van der Waals surface area contributed by atoms with Crippen LogP contribution in [0.5, 0.6) is 0 Å². The fourth-order valence-electron chi connectivity index (χ4n) is 6.17. The standard InChI is InChI=1S/C28H40N6O2/c1-4-9-25(27-30-31-32-34(27)23-10-6-5-7-11-23)33(18-24-12-8-13-36-24)17-22-16-21-15-19(2)14-20(3)26(21)29-28(22)35/h14-16,23-25H,4-13,17-18H2,1-3H3,(H,29,35)/t24-,25+/m1/s1. The van der Waals surface area contributed by atoms with Gasteiger partial charge in [-0.15, -0.1) is 5.10 Å². The number of H-pyrrole nitrogens is 1. The Morgan fingerprint density at radius 2 is 1.97 bits per heavy atom. The van der Waals surface area contributed by atoms with Crippen molar-refractivity contribution >= 4 is 10.9 Å². The number of aromatic nitrogens is 5. The molecule has 2 atom stereocenters. The fraction of sp³-hybridized carbons (Fsp3) is 0.643. The Bertz CT molecular complexity index is 1220. The molecule has 1 aliphatic carbocycles. The third-order valence-electron chi connectivity index (χ3n) is 7.95. The first-order valence-electron chi connectivity index (χ1n) is 13.8. The van der Waals surface area contributed by atoms with Gasteiger partial charge in [0.25, 0.3) is 5.56 Å². The molecule has 1 saturated heterocycles. The van der Waals surface area contributed by atoms with Crippen LogP contribution in [0.4, 0.5) is 0 Å². The zero-order chi connectivity index (χ0) is 25.1. The smallest absolute Gasteiger partial charge is 0.252 e. The summed E-state index contributed by atoms with van der Waals surface area (Å²) in [5.41, 5.74) is 3.98. The lowest BCUT2D eigenvalue weighted by molar-refractivity contribution is 0.0468. The zero-order valence-corrected chi connectivity index (χ0v) is 22.0. The molecule has 194 valence electrons. The number of fused-ring (bicyclic) bond motifs is 1. The number of pyridine rings is 1. The number of aryl methyl sites for hydroxylation is 2. The van der Waals surface area contributed by atoms with Gasteiger partial charge in [-0.1, -0.05) is 44.2 Å². The van der Waals surface area contributed by atoms with Crippen molar-refractivity contribution in [1.29, 1.82) is 0 Å². The maximum Gasteiger partial charge on any atom is 0.252 e. The predicted octanol–water partition coefficient (Wildman–Crippen LogP) is 5.16. The van der Waals surface area contributed by atoms with Crippen LogP contribution in [0.25, 0.3) is 10.9 Å². The van der Waals surface area contributed by atoms with Gasteiger partial charge in [0, 0.05) is 25.3 Å². The number of hydrogen-bond donors (Lipinski definition) is 1. The first-order chi connectivity index (χ1) is 17.5. The van der Waals surface area contributed by atoms with Crippen LogP contribution in [-0.4, -0.2) is 49.3 Å². The van der Waals surface area contributed by atoms with E-state index in [-0.39, 0.29) is 17.7 Å². The highest BCUT2D eigenvalue weighted by Gasteiger charge is 2.32. The van der Waals surface area contributed by atoms with Crippen molar-refractivity contribution in [2.75, 3.05) is 13.2 Å². The van der Waals surface area contributed by atoms with Crippen LogP contribution in [0, 0.1) is 13.8 Å². The Balaban J connectivity index is 1.51. The molecule has 0 unspecified atom stereocenters. The largest absolute Gasteiger partial charge is 0.377 e. The molecular formula is C28H40N6O2. The van der Waals surface area contributed by atoms with E-state index in [1.165, 1.54) is 24.8 Å². The Labute approximate surface area is 213 Å². The topological polar surface area (TPSA) is 88.9 Å². The van der Waals surface area contributed by atoms with Gasteiger partial charge in [-0.25, -0.2) is 4.68 Å². The summed E-state index contributed by atoms with van der Waals surface area (Å²) in [6.45, 7) is 8.49. The predicted molar refractivity (Wildman–Crippen MR) is 141 cm³/mol. The third kappa shape index (κ3) is 5.39. The van der Waals surface area contributed by atoms with E-state index in [2.05, 4.69) is 69.1 Å². The Morgan fingerprint density at radius 3 is 2.72 bits per heavy atom. The van der Waals surface area contributed by atoms with Gasteiger partial charge in [0.1, 0.15) is 0 Å². The molecule has 5 rings (SSSR count). The van der Waals surface area contributed by atoms with Crippen molar-refractivity contribution in [3.63, 3.8) is 0 Å². The van der Waals surface area contributed by atoms with Gasteiger partial charge >= 0.3 is 0 Å². The molecule has 3 aromatic rings. The molecule has 2 fully saturated rings. The summed E-state index contributed by atoms with van der Waals surface area (Å²) in [4.78, 5) is 18.8. The van der Waals surface area contributed by atoms with Gasteiger partial charge in [0.15, 0.2) is 5.82 Å². The second-order valence-electron chi connectivity index (χ2n) is 10.8. The Hall–Kier alpha value is -2.58. The lowest BCUT2D eigenvalue weighted by Crippen LogP contribution is -2.38. The van der Waals surface area contributed by atoms with Crippen LogP contribution in [0.3, 0.4) is 0 Å². The van der Waals surface area contributed by atoms with Crippen LogP contribution >= 0.6 is 0 Å². The minimum absolute atomic E-state index is 0.0195. The molecule has 1 N–H and O–H groups in total. The molecule has 2 aromatic heterocycles. The summed E-state index contributed by atoms with van der Waals surface area (Å²) in [6.07, 6.45) is 10.3. The summed E-state index contributed by atoms with van der Waals surface area (Å²) in [7, 11) is 0. The van der Waals surface area contributed by atoms with Gasteiger partial charge in [0.05, 0.1) is 23.7 Å². The van der Waals surface area contributed by atoms with Crippen molar-refractivity contribution in [3.8, 4) is 0 Å². The number of aromatic amines is 1. The van der Waals surface area contributed by atoms with Crippen LogP contribution in [0.1, 0.15) is 99.3 Å². The summed E-state index contributed by atoms with van der Waals surface area (Å²) in [5, 5.41) is 14.3. The Morgan fingerprint density at radius 1 is 1.14 bits per heavy atom. The monoisotopic (exact) mass is 492 g/mol. The molecule has 0 bridgehead atoms. The highest BCUT2D eigenvalue weighted by Crippen LogP contribution is 2.33. The fourth-order valence-corrected chi connectivity index (χ4v) is 6.17. The maximum absolute atomic E-state index is 13.3. The minimum atomic E-state index is -0.0195. The molecular weight excluding hydrogens is 452 g/mol. The van der Waals surface area contributed by atoms with E-state index in [0.717, 1.165) is 79.5 Å².